The normalized spacial score (nSPS) is 22.2. The molecular weight excluding hydrogens is 224 g/mol. The van der Waals surface area contributed by atoms with Crippen LogP contribution >= 0.6 is 0 Å². The Morgan fingerprint density at radius 2 is 2.39 bits per heavy atom. The summed E-state index contributed by atoms with van der Waals surface area (Å²) >= 11 is 0. The van der Waals surface area contributed by atoms with Crippen molar-refractivity contribution in [2.24, 2.45) is 5.41 Å². The quantitative estimate of drug-likeness (QED) is 0.855. The minimum absolute atomic E-state index is 0.317. The topological polar surface area (TPSA) is 60.7 Å². The lowest BCUT2D eigenvalue weighted by Crippen LogP contribution is -2.50. The third kappa shape index (κ3) is 2.99. The summed E-state index contributed by atoms with van der Waals surface area (Å²) < 4.78 is 0. The number of nitrogens with one attached hydrogen (secondary N) is 2. The van der Waals surface area contributed by atoms with Crippen LogP contribution in [0.25, 0.3) is 0 Å². The zero-order valence-corrected chi connectivity index (χ0v) is 11.0. The van der Waals surface area contributed by atoms with E-state index in [-0.39, 0.29) is 0 Å². The molecule has 0 aromatic carbocycles. The second kappa shape index (κ2) is 5.36. The Kier molecular flexibility index (Phi) is 3.83. The maximum Gasteiger partial charge on any atom is 0.126 e. The van der Waals surface area contributed by atoms with Crippen LogP contribution in [0.2, 0.25) is 0 Å². The number of aromatic nitrogens is 1. The van der Waals surface area contributed by atoms with Gasteiger partial charge in [0.05, 0.1) is 5.56 Å². The van der Waals surface area contributed by atoms with Gasteiger partial charge in [-0.1, -0.05) is 13.8 Å². The monoisotopic (exact) mass is 244 g/mol. The molecular formula is C14H20N4. The molecule has 4 heteroatoms. The first-order valence-electron chi connectivity index (χ1n) is 6.45. The standard InChI is InChI=1S/C14H20N4/c1-14(2)6-3-7-16-12(14)10-18-13-5-4-11(8-15)9-17-13/h4-5,9,12,16H,3,6-7,10H2,1-2H3,(H,17,18). The van der Waals surface area contributed by atoms with Crippen LogP contribution in [-0.4, -0.2) is 24.1 Å². The van der Waals surface area contributed by atoms with Gasteiger partial charge in [0.15, 0.2) is 0 Å². The van der Waals surface area contributed by atoms with E-state index in [2.05, 4.69) is 35.5 Å². The maximum absolute atomic E-state index is 8.71. The predicted octanol–water partition coefficient (Wildman–Crippen LogP) is 2.14. The van der Waals surface area contributed by atoms with E-state index in [1.807, 2.05) is 6.07 Å². The molecule has 1 aliphatic heterocycles. The van der Waals surface area contributed by atoms with Crippen molar-refractivity contribution >= 4 is 5.82 Å². The molecule has 0 saturated carbocycles. The van der Waals surface area contributed by atoms with Crippen molar-refractivity contribution in [3.63, 3.8) is 0 Å². The van der Waals surface area contributed by atoms with Gasteiger partial charge in [-0.25, -0.2) is 4.98 Å². The Morgan fingerprint density at radius 1 is 1.56 bits per heavy atom. The number of hydrogen-bond donors (Lipinski definition) is 2. The smallest absolute Gasteiger partial charge is 0.126 e. The Balaban J connectivity index is 1.92. The van der Waals surface area contributed by atoms with Crippen molar-refractivity contribution in [2.45, 2.75) is 32.7 Å². The molecule has 1 aromatic rings. The number of piperidine rings is 1. The van der Waals surface area contributed by atoms with Gasteiger partial charge in [-0.15, -0.1) is 0 Å². The van der Waals surface area contributed by atoms with E-state index in [1.54, 1.807) is 12.3 Å². The molecule has 0 bridgehead atoms. The summed E-state index contributed by atoms with van der Waals surface area (Å²) in [6, 6.07) is 6.17. The Hall–Kier alpha value is -1.60. The molecule has 2 heterocycles. The lowest BCUT2D eigenvalue weighted by molar-refractivity contribution is 0.188. The van der Waals surface area contributed by atoms with Crippen LogP contribution in [0, 0.1) is 16.7 Å². The lowest BCUT2D eigenvalue weighted by Gasteiger charge is -2.39. The summed E-state index contributed by atoms with van der Waals surface area (Å²) in [4.78, 5) is 4.22. The fourth-order valence-electron chi connectivity index (χ4n) is 2.39. The highest BCUT2D eigenvalue weighted by molar-refractivity contribution is 5.39. The number of pyridine rings is 1. The van der Waals surface area contributed by atoms with Crippen LogP contribution in [-0.2, 0) is 0 Å². The largest absolute Gasteiger partial charge is 0.368 e. The summed E-state index contributed by atoms with van der Waals surface area (Å²) in [7, 11) is 0. The van der Waals surface area contributed by atoms with E-state index in [4.69, 9.17) is 5.26 Å². The number of nitriles is 1. The van der Waals surface area contributed by atoms with E-state index in [1.165, 1.54) is 12.8 Å². The third-order valence-electron chi connectivity index (χ3n) is 3.71. The van der Waals surface area contributed by atoms with E-state index in [0.717, 1.165) is 18.9 Å². The highest BCUT2D eigenvalue weighted by Crippen LogP contribution is 2.30. The van der Waals surface area contributed by atoms with Gasteiger partial charge in [-0.3, -0.25) is 0 Å². The maximum atomic E-state index is 8.71. The predicted molar refractivity (Wildman–Crippen MR) is 72.2 cm³/mol. The summed E-state index contributed by atoms with van der Waals surface area (Å²) in [5.74, 6) is 0.831. The van der Waals surface area contributed by atoms with Gasteiger partial charge < -0.3 is 10.6 Å². The Labute approximate surface area is 108 Å². The van der Waals surface area contributed by atoms with Gasteiger partial charge in [0.1, 0.15) is 11.9 Å². The van der Waals surface area contributed by atoms with Gasteiger partial charge in [0.2, 0.25) is 0 Å². The molecule has 2 N–H and O–H groups in total. The third-order valence-corrected chi connectivity index (χ3v) is 3.71. The fraction of sp³-hybridized carbons (Fsp3) is 0.571. The van der Waals surface area contributed by atoms with Gasteiger partial charge in [-0.05, 0) is 36.9 Å². The van der Waals surface area contributed by atoms with Crippen molar-refractivity contribution in [3.8, 4) is 6.07 Å². The molecule has 4 nitrogen and oxygen atoms in total. The van der Waals surface area contributed by atoms with Crippen LogP contribution in [0.3, 0.4) is 0 Å². The average Bonchev–Trinajstić information content (AvgIpc) is 2.38. The van der Waals surface area contributed by atoms with E-state index < -0.39 is 0 Å². The number of anilines is 1. The molecule has 1 saturated heterocycles. The zero-order chi connectivity index (χ0) is 13.0. The highest BCUT2D eigenvalue weighted by Gasteiger charge is 2.31. The van der Waals surface area contributed by atoms with Gasteiger partial charge in [-0.2, -0.15) is 5.26 Å². The van der Waals surface area contributed by atoms with Crippen molar-refractivity contribution in [2.75, 3.05) is 18.4 Å². The minimum Gasteiger partial charge on any atom is -0.368 e. The molecule has 1 aromatic heterocycles. The van der Waals surface area contributed by atoms with E-state index in [0.29, 0.717) is 17.0 Å². The van der Waals surface area contributed by atoms with E-state index in [9.17, 15) is 0 Å². The molecule has 0 radical (unpaired) electrons. The van der Waals surface area contributed by atoms with Gasteiger partial charge in [0.25, 0.3) is 0 Å². The zero-order valence-electron chi connectivity index (χ0n) is 11.0. The highest BCUT2D eigenvalue weighted by atomic mass is 15.0. The summed E-state index contributed by atoms with van der Waals surface area (Å²) in [6.07, 6.45) is 4.10. The van der Waals surface area contributed by atoms with Crippen LogP contribution in [0.15, 0.2) is 18.3 Å². The van der Waals surface area contributed by atoms with Crippen molar-refractivity contribution < 1.29 is 0 Å². The first-order chi connectivity index (χ1) is 8.62. The molecule has 1 unspecified atom stereocenters. The van der Waals surface area contributed by atoms with E-state index >= 15 is 0 Å². The van der Waals surface area contributed by atoms with Crippen molar-refractivity contribution in [1.82, 2.24) is 10.3 Å². The van der Waals surface area contributed by atoms with Crippen LogP contribution < -0.4 is 10.6 Å². The molecule has 0 spiro atoms. The number of nitrogens with zero attached hydrogens (tertiary/aromatic N) is 2. The van der Waals surface area contributed by atoms with Crippen molar-refractivity contribution in [3.05, 3.63) is 23.9 Å². The SMILES string of the molecule is CC1(C)CCCNC1CNc1ccc(C#N)cn1. The van der Waals surface area contributed by atoms with Gasteiger partial charge in [0, 0.05) is 18.8 Å². The lowest BCUT2D eigenvalue weighted by atomic mass is 9.77. The summed E-state index contributed by atoms with van der Waals surface area (Å²) in [5, 5.41) is 15.6. The fourth-order valence-corrected chi connectivity index (χ4v) is 2.39. The molecule has 2 rings (SSSR count). The van der Waals surface area contributed by atoms with Crippen LogP contribution in [0.1, 0.15) is 32.3 Å². The molecule has 1 fully saturated rings. The van der Waals surface area contributed by atoms with Crippen LogP contribution in [0.4, 0.5) is 5.82 Å². The summed E-state index contributed by atoms with van der Waals surface area (Å²) in [5.41, 5.74) is 0.911. The second-order valence-electron chi connectivity index (χ2n) is 5.52. The Bertz CT molecular complexity index is 430. The van der Waals surface area contributed by atoms with Gasteiger partial charge >= 0.3 is 0 Å². The molecule has 18 heavy (non-hydrogen) atoms. The van der Waals surface area contributed by atoms with Crippen LogP contribution in [0.5, 0.6) is 0 Å². The molecule has 0 aliphatic carbocycles. The molecule has 0 amide bonds. The summed E-state index contributed by atoms with van der Waals surface area (Å²) in [6.45, 7) is 6.57. The van der Waals surface area contributed by atoms with Crippen molar-refractivity contribution in [1.29, 1.82) is 5.26 Å². The molecule has 96 valence electrons. The second-order valence-corrected chi connectivity index (χ2v) is 5.52. The molecule has 1 atom stereocenters. The minimum atomic E-state index is 0.317. The number of hydrogen-bond acceptors (Lipinski definition) is 4. The molecule has 1 aliphatic rings. The average molecular weight is 244 g/mol. The number of rotatable bonds is 3. The Morgan fingerprint density at radius 3 is 3.00 bits per heavy atom. The first kappa shape index (κ1) is 12.8. The first-order valence-corrected chi connectivity index (χ1v) is 6.45.